The zero-order valence-electron chi connectivity index (χ0n) is 8.14. The number of nitrogens with one attached hydrogen (secondary N) is 1. The summed E-state index contributed by atoms with van der Waals surface area (Å²) in [5, 5.41) is 0. The number of aromatic nitrogens is 1. The van der Waals surface area contributed by atoms with Gasteiger partial charge in [-0.15, -0.1) is 0 Å². The van der Waals surface area contributed by atoms with Gasteiger partial charge in [-0.25, -0.2) is 0 Å². The van der Waals surface area contributed by atoms with Gasteiger partial charge in [-0.3, -0.25) is 4.79 Å². The van der Waals surface area contributed by atoms with Gasteiger partial charge in [0.15, 0.2) is 0 Å². The molecule has 0 aliphatic heterocycles. The molecule has 0 atom stereocenters. The van der Waals surface area contributed by atoms with Crippen LogP contribution in [0.1, 0.15) is 5.56 Å². The summed E-state index contributed by atoms with van der Waals surface area (Å²) in [6.07, 6.45) is 1.56. The van der Waals surface area contributed by atoms with Crippen LogP contribution in [0, 0.1) is 0 Å². The molecule has 0 fully saturated rings. The van der Waals surface area contributed by atoms with Crippen LogP contribution in [0.5, 0.6) is 5.75 Å². The average Bonchev–Trinajstić information content (AvgIpc) is 2.30. The predicted molar refractivity (Wildman–Crippen MR) is 57.8 cm³/mol. The van der Waals surface area contributed by atoms with Crippen molar-refractivity contribution in [1.82, 2.24) is 4.98 Å². The summed E-state index contributed by atoms with van der Waals surface area (Å²) in [6.45, 7) is 0.507. The molecule has 1 N–H and O–H groups in total. The topological polar surface area (TPSA) is 42.1 Å². The molecule has 0 saturated carbocycles. The normalized spacial score (nSPS) is 9.87. The first-order valence-corrected chi connectivity index (χ1v) is 4.70. The molecule has 2 aromatic rings. The Bertz CT molecular complexity index is 456. The minimum Gasteiger partial charge on any atom is -0.487 e. The Morgan fingerprint density at radius 2 is 1.87 bits per heavy atom. The lowest BCUT2D eigenvalue weighted by atomic mass is 10.2. The smallest absolute Gasteiger partial charge is 0.248 e. The maximum atomic E-state index is 10.8. The minimum absolute atomic E-state index is 0.123. The van der Waals surface area contributed by atoms with Crippen LogP contribution in [0.25, 0.3) is 0 Å². The van der Waals surface area contributed by atoms with E-state index in [4.69, 9.17) is 4.74 Å². The molecule has 1 aromatic heterocycles. The van der Waals surface area contributed by atoms with E-state index in [0.717, 1.165) is 5.56 Å². The predicted octanol–water partition coefficient (Wildman–Crippen LogP) is 1.95. The highest BCUT2D eigenvalue weighted by Crippen LogP contribution is 2.08. The van der Waals surface area contributed by atoms with E-state index in [1.54, 1.807) is 12.3 Å². The van der Waals surface area contributed by atoms with Gasteiger partial charge in [-0.2, -0.15) is 0 Å². The number of H-pyrrole nitrogens is 1. The van der Waals surface area contributed by atoms with Crippen molar-refractivity contribution < 1.29 is 4.74 Å². The molecule has 76 valence electrons. The summed E-state index contributed by atoms with van der Waals surface area (Å²) in [4.78, 5) is 13.3. The molecule has 15 heavy (non-hydrogen) atoms. The third kappa shape index (κ3) is 2.71. The van der Waals surface area contributed by atoms with E-state index in [9.17, 15) is 4.79 Å². The van der Waals surface area contributed by atoms with Crippen LogP contribution in [0.3, 0.4) is 0 Å². The largest absolute Gasteiger partial charge is 0.487 e. The van der Waals surface area contributed by atoms with Gasteiger partial charge >= 0.3 is 0 Å². The highest BCUT2D eigenvalue weighted by Gasteiger charge is 1.94. The van der Waals surface area contributed by atoms with Crippen LogP contribution in [-0.4, -0.2) is 4.98 Å². The fraction of sp³-hybridized carbons (Fsp3) is 0.0833. The third-order valence-electron chi connectivity index (χ3n) is 2.00. The molecular formula is C12H11NO2. The molecule has 1 aromatic carbocycles. The van der Waals surface area contributed by atoms with Crippen LogP contribution in [0.2, 0.25) is 0 Å². The molecule has 0 aliphatic carbocycles. The van der Waals surface area contributed by atoms with Crippen molar-refractivity contribution in [2.45, 2.75) is 6.61 Å². The van der Waals surface area contributed by atoms with Crippen molar-refractivity contribution in [3.63, 3.8) is 0 Å². The van der Waals surface area contributed by atoms with Crippen molar-refractivity contribution in [3.05, 3.63) is 64.6 Å². The highest BCUT2D eigenvalue weighted by molar-refractivity contribution is 5.18. The minimum atomic E-state index is -0.123. The fourth-order valence-electron chi connectivity index (χ4n) is 1.23. The Morgan fingerprint density at radius 1 is 1.07 bits per heavy atom. The standard InChI is InChI=1S/C12H11NO2/c14-12-7-6-11(8-13-12)15-9-10-4-2-1-3-5-10/h1-8H,9H2,(H,13,14). The number of pyridine rings is 1. The van der Waals surface area contributed by atoms with Crippen molar-refractivity contribution in [2.24, 2.45) is 0 Å². The Hall–Kier alpha value is -2.03. The van der Waals surface area contributed by atoms with E-state index in [0.29, 0.717) is 12.4 Å². The number of hydrogen-bond acceptors (Lipinski definition) is 2. The van der Waals surface area contributed by atoms with Gasteiger partial charge < -0.3 is 9.72 Å². The molecule has 2 rings (SSSR count). The molecule has 0 saturated heterocycles. The summed E-state index contributed by atoms with van der Waals surface area (Å²) < 4.78 is 5.48. The van der Waals surface area contributed by atoms with Gasteiger partial charge in [0, 0.05) is 12.3 Å². The van der Waals surface area contributed by atoms with Crippen LogP contribution in [0.15, 0.2) is 53.5 Å². The lowest BCUT2D eigenvalue weighted by molar-refractivity contribution is 0.305. The molecule has 0 radical (unpaired) electrons. The average molecular weight is 201 g/mol. The van der Waals surface area contributed by atoms with Crippen molar-refractivity contribution in [3.8, 4) is 5.75 Å². The number of benzene rings is 1. The number of hydrogen-bond donors (Lipinski definition) is 1. The van der Waals surface area contributed by atoms with Crippen LogP contribution in [-0.2, 0) is 6.61 Å². The number of rotatable bonds is 3. The zero-order chi connectivity index (χ0) is 10.5. The molecular weight excluding hydrogens is 190 g/mol. The highest BCUT2D eigenvalue weighted by atomic mass is 16.5. The molecule has 1 heterocycles. The number of ether oxygens (including phenoxy) is 1. The van der Waals surface area contributed by atoms with E-state index < -0.39 is 0 Å². The zero-order valence-corrected chi connectivity index (χ0v) is 8.14. The van der Waals surface area contributed by atoms with Crippen molar-refractivity contribution in [1.29, 1.82) is 0 Å². The SMILES string of the molecule is O=c1ccc(OCc2ccccc2)c[nH]1. The molecule has 3 heteroatoms. The number of aromatic amines is 1. The Labute approximate surface area is 87.3 Å². The van der Waals surface area contributed by atoms with Gasteiger partial charge in [0.1, 0.15) is 12.4 Å². The molecule has 0 unspecified atom stereocenters. The second-order valence-corrected chi connectivity index (χ2v) is 3.16. The third-order valence-corrected chi connectivity index (χ3v) is 2.00. The van der Waals surface area contributed by atoms with Crippen LogP contribution in [0.4, 0.5) is 0 Å². The second kappa shape index (κ2) is 4.46. The van der Waals surface area contributed by atoms with Gasteiger partial charge in [-0.1, -0.05) is 30.3 Å². The van der Waals surface area contributed by atoms with Crippen molar-refractivity contribution >= 4 is 0 Å². The summed E-state index contributed by atoms with van der Waals surface area (Å²) >= 11 is 0. The molecule has 0 aliphatic rings. The summed E-state index contributed by atoms with van der Waals surface area (Å²) in [6, 6.07) is 13.0. The molecule has 0 spiro atoms. The van der Waals surface area contributed by atoms with E-state index in [1.165, 1.54) is 6.07 Å². The molecule has 0 bridgehead atoms. The van der Waals surface area contributed by atoms with E-state index in [1.807, 2.05) is 30.3 Å². The first-order chi connectivity index (χ1) is 7.34. The summed E-state index contributed by atoms with van der Waals surface area (Å²) in [7, 11) is 0. The van der Waals surface area contributed by atoms with Gasteiger partial charge in [0.25, 0.3) is 0 Å². The van der Waals surface area contributed by atoms with Gasteiger partial charge in [0.05, 0.1) is 0 Å². The second-order valence-electron chi connectivity index (χ2n) is 3.16. The van der Waals surface area contributed by atoms with Crippen molar-refractivity contribution in [2.75, 3.05) is 0 Å². The van der Waals surface area contributed by atoms with Crippen LogP contribution < -0.4 is 10.3 Å². The summed E-state index contributed by atoms with van der Waals surface area (Å²) in [5.74, 6) is 0.665. The molecule has 3 nitrogen and oxygen atoms in total. The molecule has 0 amide bonds. The quantitative estimate of drug-likeness (QED) is 0.824. The first kappa shape index (κ1) is 9.52. The maximum absolute atomic E-state index is 10.8. The first-order valence-electron chi connectivity index (χ1n) is 4.70. The van der Waals surface area contributed by atoms with E-state index in [2.05, 4.69) is 4.98 Å². The van der Waals surface area contributed by atoms with E-state index >= 15 is 0 Å². The lowest BCUT2D eigenvalue weighted by Crippen LogP contribution is -2.03. The van der Waals surface area contributed by atoms with E-state index in [-0.39, 0.29) is 5.56 Å². The van der Waals surface area contributed by atoms with Crippen LogP contribution >= 0.6 is 0 Å². The Balaban J connectivity index is 1.99. The van der Waals surface area contributed by atoms with Gasteiger partial charge in [-0.05, 0) is 11.6 Å². The van der Waals surface area contributed by atoms with Gasteiger partial charge in [0.2, 0.25) is 5.56 Å². The maximum Gasteiger partial charge on any atom is 0.248 e. The monoisotopic (exact) mass is 201 g/mol. The Kier molecular flexibility index (Phi) is 2.83. The summed E-state index contributed by atoms with van der Waals surface area (Å²) in [5.41, 5.74) is 0.978. The Morgan fingerprint density at radius 3 is 2.53 bits per heavy atom. The lowest BCUT2D eigenvalue weighted by Gasteiger charge is -2.04. The fourth-order valence-corrected chi connectivity index (χ4v) is 1.23.